The third kappa shape index (κ3) is 2.58. The molecule has 0 aliphatic carbocycles. The molecule has 3 heterocycles. The maximum atomic E-state index is 12.4. The molecule has 2 aliphatic heterocycles. The fourth-order valence-electron chi connectivity index (χ4n) is 3.15. The van der Waals surface area contributed by atoms with Gasteiger partial charge in [-0.25, -0.2) is 0 Å². The first-order chi connectivity index (χ1) is 9.65. The van der Waals surface area contributed by atoms with Gasteiger partial charge in [-0.2, -0.15) is 0 Å². The maximum absolute atomic E-state index is 12.4. The summed E-state index contributed by atoms with van der Waals surface area (Å²) in [5, 5.41) is 3.68. The molecule has 1 atom stereocenters. The fraction of sp³-hybridized carbons (Fsp3) is 0.714. The van der Waals surface area contributed by atoms with Gasteiger partial charge in [-0.1, -0.05) is 5.16 Å². The van der Waals surface area contributed by atoms with E-state index >= 15 is 0 Å². The van der Waals surface area contributed by atoms with Crippen molar-refractivity contribution >= 4 is 5.91 Å². The third-order valence-electron chi connectivity index (χ3n) is 4.48. The Morgan fingerprint density at radius 1 is 1.35 bits per heavy atom. The molecular formula is C14H22N4O2. The molecule has 2 aliphatic rings. The Labute approximate surface area is 118 Å². The lowest BCUT2D eigenvalue weighted by molar-refractivity contribution is 0.0727. The molecule has 0 radical (unpaired) electrons. The molecule has 110 valence electrons. The first kappa shape index (κ1) is 13.6. The van der Waals surface area contributed by atoms with Crippen molar-refractivity contribution in [1.29, 1.82) is 0 Å². The second-order valence-corrected chi connectivity index (χ2v) is 5.90. The Morgan fingerprint density at radius 3 is 2.75 bits per heavy atom. The SMILES string of the molecule is Cc1cnoc1C(=O)N1CCC(N2CCC(N)CC2)C1. The van der Waals surface area contributed by atoms with Crippen molar-refractivity contribution in [3.05, 3.63) is 17.5 Å². The van der Waals surface area contributed by atoms with Crippen LogP contribution in [-0.4, -0.2) is 59.1 Å². The van der Waals surface area contributed by atoms with Gasteiger partial charge in [0, 0.05) is 30.7 Å². The van der Waals surface area contributed by atoms with E-state index in [1.54, 1.807) is 6.20 Å². The van der Waals surface area contributed by atoms with E-state index in [0.29, 0.717) is 17.8 Å². The van der Waals surface area contributed by atoms with Gasteiger partial charge in [0.25, 0.3) is 5.91 Å². The summed E-state index contributed by atoms with van der Waals surface area (Å²) >= 11 is 0. The molecule has 1 amide bonds. The van der Waals surface area contributed by atoms with Crippen LogP contribution in [0, 0.1) is 6.92 Å². The van der Waals surface area contributed by atoms with Gasteiger partial charge in [-0.05, 0) is 39.3 Å². The molecule has 0 saturated carbocycles. The lowest BCUT2D eigenvalue weighted by atomic mass is 10.0. The van der Waals surface area contributed by atoms with Crippen LogP contribution in [0.15, 0.2) is 10.7 Å². The molecule has 6 nitrogen and oxygen atoms in total. The van der Waals surface area contributed by atoms with Gasteiger partial charge in [0.15, 0.2) is 0 Å². The summed E-state index contributed by atoms with van der Waals surface area (Å²) in [4.78, 5) is 16.7. The summed E-state index contributed by atoms with van der Waals surface area (Å²) < 4.78 is 5.06. The number of carbonyl (C=O) groups is 1. The number of carbonyl (C=O) groups excluding carboxylic acids is 1. The second kappa shape index (κ2) is 5.54. The molecule has 0 bridgehead atoms. The molecule has 3 rings (SSSR count). The highest BCUT2D eigenvalue weighted by Gasteiger charge is 2.33. The minimum absolute atomic E-state index is 0.0313. The highest BCUT2D eigenvalue weighted by Crippen LogP contribution is 2.22. The van der Waals surface area contributed by atoms with Gasteiger partial charge >= 0.3 is 0 Å². The van der Waals surface area contributed by atoms with Crippen molar-refractivity contribution in [3.63, 3.8) is 0 Å². The van der Waals surface area contributed by atoms with Gasteiger partial charge in [-0.15, -0.1) is 0 Å². The van der Waals surface area contributed by atoms with Crippen molar-refractivity contribution in [1.82, 2.24) is 15.0 Å². The average Bonchev–Trinajstić information content (AvgIpc) is 3.08. The monoisotopic (exact) mass is 278 g/mol. The lowest BCUT2D eigenvalue weighted by Gasteiger charge is -2.34. The number of hydrogen-bond donors (Lipinski definition) is 1. The number of nitrogens with two attached hydrogens (primary N) is 1. The summed E-state index contributed by atoms with van der Waals surface area (Å²) in [6.45, 7) is 5.54. The van der Waals surface area contributed by atoms with Gasteiger partial charge < -0.3 is 15.2 Å². The van der Waals surface area contributed by atoms with Crippen LogP contribution in [0.2, 0.25) is 0 Å². The van der Waals surface area contributed by atoms with E-state index in [9.17, 15) is 4.79 Å². The molecular weight excluding hydrogens is 256 g/mol. The average molecular weight is 278 g/mol. The standard InChI is InChI=1S/C14H22N4O2/c1-10-8-16-20-13(10)14(19)18-7-4-12(9-18)17-5-2-11(15)3-6-17/h8,11-12H,2-7,9,15H2,1H3. The van der Waals surface area contributed by atoms with Gasteiger partial charge in [0.2, 0.25) is 5.76 Å². The van der Waals surface area contributed by atoms with Crippen LogP contribution < -0.4 is 5.73 Å². The Morgan fingerprint density at radius 2 is 2.10 bits per heavy atom. The van der Waals surface area contributed by atoms with E-state index in [2.05, 4.69) is 10.1 Å². The van der Waals surface area contributed by atoms with Gasteiger partial charge in [0.05, 0.1) is 6.20 Å². The Balaban J connectivity index is 1.59. The number of piperidine rings is 1. The maximum Gasteiger partial charge on any atom is 0.292 e. The van der Waals surface area contributed by atoms with Crippen LogP contribution >= 0.6 is 0 Å². The van der Waals surface area contributed by atoms with E-state index in [0.717, 1.165) is 51.0 Å². The number of nitrogens with zero attached hydrogens (tertiary/aromatic N) is 3. The van der Waals surface area contributed by atoms with Crippen molar-refractivity contribution in [3.8, 4) is 0 Å². The van der Waals surface area contributed by atoms with E-state index in [4.69, 9.17) is 10.3 Å². The number of aromatic nitrogens is 1. The first-order valence-corrected chi connectivity index (χ1v) is 7.35. The van der Waals surface area contributed by atoms with E-state index in [-0.39, 0.29) is 5.91 Å². The van der Waals surface area contributed by atoms with Gasteiger partial charge in [0.1, 0.15) is 0 Å². The summed E-state index contributed by atoms with van der Waals surface area (Å²) in [5.74, 6) is 0.350. The topological polar surface area (TPSA) is 75.6 Å². The van der Waals surface area contributed by atoms with Crippen LogP contribution in [0.3, 0.4) is 0 Å². The summed E-state index contributed by atoms with van der Waals surface area (Å²) in [6, 6.07) is 0.817. The zero-order valence-electron chi connectivity index (χ0n) is 11.9. The number of hydrogen-bond acceptors (Lipinski definition) is 5. The molecule has 1 aromatic rings. The van der Waals surface area contributed by atoms with E-state index < -0.39 is 0 Å². The molecule has 0 spiro atoms. The first-order valence-electron chi connectivity index (χ1n) is 7.35. The largest absolute Gasteiger partial charge is 0.351 e. The molecule has 1 aromatic heterocycles. The second-order valence-electron chi connectivity index (χ2n) is 5.90. The normalized spacial score (nSPS) is 25.3. The molecule has 2 N–H and O–H groups in total. The van der Waals surface area contributed by atoms with Crippen molar-refractivity contribution < 1.29 is 9.32 Å². The predicted molar refractivity (Wildman–Crippen MR) is 74.3 cm³/mol. The van der Waals surface area contributed by atoms with Crippen LogP contribution in [0.25, 0.3) is 0 Å². The quantitative estimate of drug-likeness (QED) is 0.858. The molecule has 6 heteroatoms. The minimum Gasteiger partial charge on any atom is -0.351 e. The zero-order chi connectivity index (χ0) is 14.1. The Bertz CT molecular complexity index is 479. The summed E-state index contributed by atoms with van der Waals surface area (Å²) in [6.07, 6.45) is 4.75. The van der Waals surface area contributed by atoms with Crippen LogP contribution in [0.4, 0.5) is 0 Å². The molecule has 1 unspecified atom stereocenters. The lowest BCUT2D eigenvalue weighted by Crippen LogP contribution is -2.46. The molecule has 0 aromatic carbocycles. The van der Waals surface area contributed by atoms with Crippen molar-refractivity contribution in [2.75, 3.05) is 26.2 Å². The number of amides is 1. The van der Waals surface area contributed by atoms with Crippen LogP contribution in [0.1, 0.15) is 35.4 Å². The molecule has 2 saturated heterocycles. The van der Waals surface area contributed by atoms with Crippen LogP contribution in [-0.2, 0) is 0 Å². The third-order valence-corrected chi connectivity index (χ3v) is 4.48. The highest BCUT2D eigenvalue weighted by molar-refractivity contribution is 5.92. The van der Waals surface area contributed by atoms with Crippen molar-refractivity contribution in [2.24, 2.45) is 5.73 Å². The fourth-order valence-corrected chi connectivity index (χ4v) is 3.15. The van der Waals surface area contributed by atoms with Crippen LogP contribution in [0.5, 0.6) is 0 Å². The molecule has 2 fully saturated rings. The zero-order valence-corrected chi connectivity index (χ0v) is 11.9. The Kier molecular flexibility index (Phi) is 3.76. The summed E-state index contributed by atoms with van der Waals surface area (Å²) in [5.41, 5.74) is 6.75. The van der Waals surface area contributed by atoms with E-state index in [1.165, 1.54) is 0 Å². The van der Waals surface area contributed by atoms with E-state index in [1.807, 2.05) is 11.8 Å². The highest BCUT2D eigenvalue weighted by atomic mass is 16.5. The predicted octanol–water partition coefficient (Wildman–Crippen LogP) is 0.621. The Hall–Kier alpha value is -1.40. The smallest absolute Gasteiger partial charge is 0.292 e. The number of aryl methyl sites for hydroxylation is 1. The number of likely N-dealkylation sites (tertiary alicyclic amines) is 2. The summed E-state index contributed by atoms with van der Waals surface area (Å²) in [7, 11) is 0. The number of rotatable bonds is 2. The van der Waals surface area contributed by atoms with Crippen molar-refractivity contribution in [2.45, 2.75) is 38.3 Å². The molecule has 20 heavy (non-hydrogen) atoms. The minimum atomic E-state index is -0.0313. The van der Waals surface area contributed by atoms with Gasteiger partial charge in [-0.3, -0.25) is 9.69 Å².